The summed E-state index contributed by atoms with van der Waals surface area (Å²) < 4.78 is 19.3. The fourth-order valence-electron chi connectivity index (χ4n) is 4.06. The molecule has 1 aromatic carbocycles. The smallest absolute Gasteiger partial charge is 0.399 e. The number of aliphatic hydroxyl groups is 1. The first-order chi connectivity index (χ1) is 13.5. The Morgan fingerprint density at radius 1 is 1.17 bits per heavy atom. The molecule has 4 rings (SSSR count). The van der Waals surface area contributed by atoms with Gasteiger partial charge in [-0.1, -0.05) is 0 Å². The van der Waals surface area contributed by atoms with Crippen LogP contribution in [0.3, 0.4) is 0 Å². The summed E-state index contributed by atoms with van der Waals surface area (Å²) in [7, 11) is -0.551. The van der Waals surface area contributed by atoms with Crippen molar-refractivity contribution in [1.29, 1.82) is 0 Å². The van der Waals surface area contributed by atoms with Crippen LogP contribution in [-0.2, 0) is 14.0 Å². The molecule has 2 aliphatic rings. The highest BCUT2D eigenvalue weighted by Crippen LogP contribution is 2.37. The maximum atomic E-state index is 13.3. The van der Waals surface area contributed by atoms with Crippen molar-refractivity contribution in [2.24, 2.45) is 0 Å². The van der Waals surface area contributed by atoms with Gasteiger partial charge in [-0.15, -0.1) is 0 Å². The lowest BCUT2D eigenvalue weighted by Gasteiger charge is -2.32. The number of hydrogen-bond acceptors (Lipinski definition) is 6. The van der Waals surface area contributed by atoms with E-state index >= 15 is 0 Å². The van der Waals surface area contributed by atoms with E-state index < -0.39 is 24.4 Å². The minimum absolute atomic E-state index is 0.165. The van der Waals surface area contributed by atoms with E-state index in [1.54, 1.807) is 6.33 Å². The van der Waals surface area contributed by atoms with E-state index in [0.717, 1.165) is 16.6 Å². The molecular weight excluding hydrogens is 371 g/mol. The van der Waals surface area contributed by atoms with Crippen molar-refractivity contribution in [3.8, 4) is 0 Å². The molecule has 0 amide bonds. The predicted molar refractivity (Wildman–Crippen MR) is 112 cm³/mol. The summed E-state index contributed by atoms with van der Waals surface area (Å²) in [5.74, 6) is 0. The first kappa shape index (κ1) is 20.5. The average molecular weight is 400 g/mol. The Labute approximate surface area is 171 Å². The van der Waals surface area contributed by atoms with Crippen molar-refractivity contribution in [3.05, 3.63) is 33.9 Å². The van der Waals surface area contributed by atoms with Crippen LogP contribution in [-0.4, -0.2) is 52.3 Å². The Balaban J connectivity index is 1.85. The van der Waals surface area contributed by atoms with E-state index in [4.69, 9.17) is 14.0 Å². The van der Waals surface area contributed by atoms with E-state index in [0.29, 0.717) is 23.9 Å². The summed E-state index contributed by atoms with van der Waals surface area (Å²) in [6.07, 6.45) is 1.39. The number of benzene rings is 1. The lowest BCUT2D eigenvalue weighted by molar-refractivity contribution is -0.0395. The van der Waals surface area contributed by atoms with Crippen LogP contribution in [0.2, 0.25) is 0 Å². The number of fused-ring (bicyclic) bond motifs is 1. The standard InChI is InChI=1S/C21H29BN2O5/c1-12-13(2)18-14(9-15(12)22-28-20(3,4)21(5,6)29-22)19(26)24(11-23-18)16-7-8-27-10-17(16)25/h9,11,16-17,25H,7-8,10H2,1-6H3/t16-,17-/m0/s1. The molecule has 2 aliphatic heterocycles. The number of hydrogen-bond donors (Lipinski definition) is 1. The lowest BCUT2D eigenvalue weighted by Crippen LogP contribution is -2.41. The van der Waals surface area contributed by atoms with Gasteiger partial charge in [-0.05, 0) is 70.6 Å². The van der Waals surface area contributed by atoms with E-state index in [1.807, 2.05) is 47.6 Å². The van der Waals surface area contributed by atoms with Crippen LogP contribution in [0.15, 0.2) is 17.2 Å². The van der Waals surface area contributed by atoms with E-state index in [9.17, 15) is 9.90 Å². The third-order valence-corrected chi connectivity index (χ3v) is 6.84. The number of aliphatic hydroxyl groups excluding tert-OH is 1. The predicted octanol–water partition coefficient (Wildman–Crippen LogP) is 1.63. The first-order valence-electron chi connectivity index (χ1n) is 10.2. The molecule has 3 heterocycles. The molecule has 8 heteroatoms. The number of rotatable bonds is 2. The van der Waals surface area contributed by atoms with Crippen LogP contribution in [0.4, 0.5) is 0 Å². The third-order valence-electron chi connectivity index (χ3n) is 6.84. The highest BCUT2D eigenvalue weighted by atomic mass is 16.7. The number of ether oxygens (including phenoxy) is 1. The molecule has 29 heavy (non-hydrogen) atoms. The fraction of sp³-hybridized carbons (Fsp3) is 0.619. The summed E-state index contributed by atoms with van der Waals surface area (Å²) >= 11 is 0. The molecule has 0 bridgehead atoms. The zero-order valence-electron chi connectivity index (χ0n) is 18.0. The monoisotopic (exact) mass is 400 g/mol. The summed E-state index contributed by atoms with van der Waals surface area (Å²) in [6.45, 7) is 12.7. The van der Waals surface area contributed by atoms with Gasteiger partial charge in [0.25, 0.3) is 5.56 Å². The molecule has 0 unspecified atom stereocenters. The summed E-state index contributed by atoms with van der Waals surface area (Å²) in [5.41, 5.74) is 2.36. The van der Waals surface area contributed by atoms with Crippen molar-refractivity contribution < 1.29 is 19.2 Å². The van der Waals surface area contributed by atoms with Crippen LogP contribution >= 0.6 is 0 Å². The quantitative estimate of drug-likeness (QED) is 0.772. The van der Waals surface area contributed by atoms with Crippen LogP contribution < -0.4 is 11.0 Å². The van der Waals surface area contributed by atoms with Gasteiger partial charge < -0.3 is 19.2 Å². The fourth-order valence-corrected chi connectivity index (χ4v) is 4.06. The third kappa shape index (κ3) is 3.22. The van der Waals surface area contributed by atoms with Gasteiger partial charge in [-0.3, -0.25) is 9.36 Å². The molecular formula is C21H29BN2O5. The maximum Gasteiger partial charge on any atom is 0.495 e. The molecule has 1 aromatic heterocycles. The van der Waals surface area contributed by atoms with Crippen molar-refractivity contribution in [3.63, 3.8) is 0 Å². The number of aromatic nitrogens is 2. The second-order valence-corrected chi connectivity index (χ2v) is 9.16. The van der Waals surface area contributed by atoms with E-state index in [2.05, 4.69) is 4.98 Å². The van der Waals surface area contributed by atoms with E-state index in [-0.39, 0.29) is 18.2 Å². The molecule has 0 aliphatic carbocycles. The van der Waals surface area contributed by atoms with Gasteiger partial charge in [0.15, 0.2) is 0 Å². The maximum absolute atomic E-state index is 13.3. The molecule has 2 saturated heterocycles. The van der Waals surface area contributed by atoms with Gasteiger partial charge in [0, 0.05) is 6.61 Å². The Morgan fingerprint density at radius 3 is 2.45 bits per heavy atom. The van der Waals surface area contributed by atoms with Gasteiger partial charge in [-0.2, -0.15) is 0 Å². The van der Waals surface area contributed by atoms with Gasteiger partial charge in [0.05, 0.1) is 47.2 Å². The van der Waals surface area contributed by atoms with Crippen molar-refractivity contribution in [2.45, 2.75) is 71.3 Å². The molecule has 0 saturated carbocycles. The SMILES string of the molecule is Cc1c(B2OC(C)(C)C(C)(C)O2)cc2c(=O)n([C@H]3CCOC[C@@H]3O)cnc2c1C. The largest absolute Gasteiger partial charge is 0.495 e. The van der Waals surface area contributed by atoms with Gasteiger partial charge >= 0.3 is 7.12 Å². The summed E-state index contributed by atoms with van der Waals surface area (Å²) in [5, 5.41) is 10.8. The minimum atomic E-state index is -0.727. The average Bonchev–Trinajstić information content (AvgIpc) is 2.86. The molecule has 156 valence electrons. The Morgan fingerprint density at radius 2 is 1.83 bits per heavy atom. The van der Waals surface area contributed by atoms with E-state index in [1.165, 1.54) is 4.57 Å². The van der Waals surface area contributed by atoms with Crippen LogP contribution in [0.5, 0.6) is 0 Å². The Hall–Kier alpha value is -1.74. The molecule has 0 spiro atoms. The van der Waals surface area contributed by atoms with Crippen LogP contribution in [0.25, 0.3) is 10.9 Å². The highest BCUT2D eigenvalue weighted by molar-refractivity contribution is 6.63. The molecule has 2 atom stereocenters. The normalized spacial score (nSPS) is 26.2. The van der Waals surface area contributed by atoms with Crippen molar-refractivity contribution in [2.75, 3.05) is 13.2 Å². The van der Waals surface area contributed by atoms with Crippen LogP contribution in [0.1, 0.15) is 51.3 Å². The molecule has 1 N–H and O–H groups in total. The lowest BCUT2D eigenvalue weighted by atomic mass is 9.74. The first-order valence-corrected chi connectivity index (χ1v) is 10.2. The number of nitrogens with zero attached hydrogens (tertiary/aromatic N) is 2. The second-order valence-electron chi connectivity index (χ2n) is 9.16. The highest BCUT2D eigenvalue weighted by Gasteiger charge is 2.52. The zero-order valence-corrected chi connectivity index (χ0v) is 18.0. The zero-order chi connectivity index (χ0) is 21.1. The topological polar surface area (TPSA) is 82.8 Å². The van der Waals surface area contributed by atoms with Crippen molar-refractivity contribution >= 4 is 23.5 Å². The molecule has 2 fully saturated rings. The minimum Gasteiger partial charge on any atom is -0.399 e. The van der Waals surface area contributed by atoms with Crippen LogP contribution in [0, 0.1) is 13.8 Å². The second kappa shape index (κ2) is 6.91. The van der Waals surface area contributed by atoms with Gasteiger partial charge in [-0.25, -0.2) is 4.98 Å². The molecule has 2 aromatic rings. The molecule has 0 radical (unpaired) electrons. The van der Waals surface area contributed by atoms with Gasteiger partial charge in [0.1, 0.15) is 0 Å². The number of aryl methyl sites for hydroxylation is 1. The summed E-state index contributed by atoms with van der Waals surface area (Å²) in [6, 6.07) is 1.51. The van der Waals surface area contributed by atoms with Gasteiger partial charge in [0.2, 0.25) is 0 Å². The van der Waals surface area contributed by atoms with Crippen molar-refractivity contribution in [1.82, 2.24) is 9.55 Å². The molecule has 7 nitrogen and oxygen atoms in total. The Bertz CT molecular complexity index is 1000. The Kier molecular flexibility index (Phi) is 4.89. The summed E-state index contributed by atoms with van der Waals surface area (Å²) in [4.78, 5) is 17.9.